The second-order valence-electron chi connectivity index (χ2n) is 2.82. The van der Waals surface area contributed by atoms with E-state index in [0.717, 1.165) is 0 Å². The number of nitrogen functional groups attached to an aromatic ring is 1. The maximum Gasteiger partial charge on any atom is 0.430 e. The van der Waals surface area contributed by atoms with Gasteiger partial charge in [-0.15, -0.1) is 0 Å². The SMILES string of the molecule is CCOc1cc([N+]#N)c(OCC)cc1N. The summed E-state index contributed by atoms with van der Waals surface area (Å²) >= 11 is 0. The molecular formula is C10H14N3O2+. The van der Waals surface area contributed by atoms with Gasteiger partial charge in [-0.05, 0) is 13.8 Å². The van der Waals surface area contributed by atoms with Crippen LogP contribution in [0.3, 0.4) is 0 Å². The van der Waals surface area contributed by atoms with Crippen LogP contribution in [0.15, 0.2) is 12.1 Å². The summed E-state index contributed by atoms with van der Waals surface area (Å²) in [4.78, 5) is 3.11. The molecule has 0 aliphatic carbocycles. The Hall–Kier alpha value is -1.96. The van der Waals surface area contributed by atoms with Crippen LogP contribution in [0.2, 0.25) is 0 Å². The van der Waals surface area contributed by atoms with E-state index in [9.17, 15) is 0 Å². The number of nitrogens with two attached hydrogens (primary N) is 1. The van der Waals surface area contributed by atoms with Gasteiger partial charge in [0.25, 0.3) is 0 Å². The highest BCUT2D eigenvalue weighted by atomic mass is 16.5. The first-order chi connectivity index (χ1) is 7.22. The van der Waals surface area contributed by atoms with Gasteiger partial charge in [-0.1, -0.05) is 0 Å². The molecule has 0 unspecified atom stereocenters. The molecule has 1 aromatic rings. The van der Waals surface area contributed by atoms with E-state index in [1.165, 1.54) is 0 Å². The van der Waals surface area contributed by atoms with Crippen molar-refractivity contribution in [1.29, 1.82) is 5.39 Å². The normalized spacial score (nSPS) is 9.40. The van der Waals surface area contributed by atoms with Gasteiger partial charge < -0.3 is 15.2 Å². The number of hydrogen-bond donors (Lipinski definition) is 1. The lowest BCUT2D eigenvalue weighted by atomic mass is 10.2. The van der Waals surface area contributed by atoms with Crippen molar-refractivity contribution in [3.63, 3.8) is 0 Å². The molecule has 0 fully saturated rings. The van der Waals surface area contributed by atoms with E-state index >= 15 is 0 Å². The van der Waals surface area contributed by atoms with E-state index < -0.39 is 0 Å². The molecule has 2 N–H and O–H groups in total. The molecule has 15 heavy (non-hydrogen) atoms. The summed E-state index contributed by atoms with van der Waals surface area (Å²) < 4.78 is 10.5. The fraction of sp³-hybridized carbons (Fsp3) is 0.400. The highest BCUT2D eigenvalue weighted by Gasteiger charge is 2.19. The van der Waals surface area contributed by atoms with Gasteiger partial charge in [0.05, 0.1) is 25.0 Å². The van der Waals surface area contributed by atoms with E-state index in [1.807, 2.05) is 13.8 Å². The molecule has 0 saturated carbocycles. The van der Waals surface area contributed by atoms with Crippen LogP contribution in [0, 0.1) is 5.39 Å². The first-order valence-corrected chi connectivity index (χ1v) is 4.77. The molecule has 0 aliphatic heterocycles. The Morgan fingerprint density at radius 2 is 1.80 bits per heavy atom. The maximum absolute atomic E-state index is 8.78. The number of ether oxygens (including phenoxy) is 2. The van der Waals surface area contributed by atoms with Gasteiger partial charge in [-0.3, -0.25) is 0 Å². The fourth-order valence-electron chi connectivity index (χ4n) is 1.19. The molecule has 1 rings (SSSR count). The van der Waals surface area contributed by atoms with E-state index in [4.69, 9.17) is 20.6 Å². The van der Waals surface area contributed by atoms with Crippen LogP contribution in [0.4, 0.5) is 11.4 Å². The zero-order chi connectivity index (χ0) is 11.3. The molecule has 5 heteroatoms. The zero-order valence-electron chi connectivity index (χ0n) is 8.86. The van der Waals surface area contributed by atoms with Crippen LogP contribution in [0.5, 0.6) is 11.5 Å². The van der Waals surface area contributed by atoms with Crippen molar-refractivity contribution in [2.75, 3.05) is 18.9 Å². The van der Waals surface area contributed by atoms with Crippen molar-refractivity contribution >= 4 is 11.4 Å². The number of nitrogens with zero attached hydrogens (tertiary/aromatic N) is 2. The van der Waals surface area contributed by atoms with E-state index in [2.05, 4.69) is 4.98 Å². The number of rotatable bonds is 4. The second-order valence-corrected chi connectivity index (χ2v) is 2.82. The van der Waals surface area contributed by atoms with Crippen LogP contribution >= 0.6 is 0 Å². The Kier molecular flexibility index (Phi) is 3.75. The molecule has 0 radical (unpaired) electrons. The third-order valence-electron chi connectivity index (χ3n) is 1.80. The first-order valence-electron chi connectivity index (χ1n) is 4.77. The third-order valence-corrected chi connectivity index (χ3v) is 1.80. The van der Waals surface area contributed by atoms with Crippen molar-refractivity contribution in [3.8, 4) is 11.5 Å². The minimum atomic E-state index is 0.314. The molecule has 0 spiro atoms. The number of benzene rings is 1. The van der Waals surface area contributed by atoms with Crippen molar-refractivity contribution in [3.05, 3.63) is 17.1 Å². The number of anilines is 1. The molecule has 0 aromatic heterocycles. The van der Waals surface area contributed by atoms with E-state index in [-0.39, 0.29) is 0 Å². The molecule has 1 aromatic carbocycles. The number of diazo groups is 1. The molecule has 80 valence electrons. The van der Waals surface area contributed by atoms with Gasteiger partial charge in [0.15, 0.2) is 10.7 Å². The topological polar surface area (TPSA) is 72.6 Å². The van der Waals surface area contributed by atoms with Gasteiger partial charge in [0.2, 0.25) is 11.1 Å². The Morgan fingerprint density at radius 1 is 1.20 bits per heavy atom. The van der Waals surface area contributed by atoms with Crippen LogP contribution in [-0.2, 0) is 0 Å². The summed E-state index contributed by atoms with van der Waals surface area (Å²) in [5.41, 5.74) is 6.51. The molecule has 0 amide bonds. The van der Waals surface area contributed by atoms with Crippen LogP contribution in [0.1, 0.15) is 13.8 Å². The van der Waals surface area contributed by atoms with Gasteiger partial charge in [-0.25, -0.2) is 0 Å². The summed E-state index contributed by atoms with van der Waals surface area (Å²) in [6.45, 7) is 4.68. The van der Waals surface area contributed by atoms with Gasteiger partial charge in [-0.2, -0.15) is 0 Å². The first kappa shape index (κ1) is 11.1. The Bertz CT molecular complexity index is 385. The Balaban J connectivity index is 3.12. The minimum Gasteiger partial charge on any atom is -0.491 e. The molecule has 5 nitrogen and oxygen atoms in total. The number of hydrogen-bond acceptors (Lipinski definition) is 4. The molecule has 0 saturated heterocycles. The van der Waals surface area contributed by atoms with E-state index in [0.29, 0.717) is 36.1 Å². The molecular weight excluding hydrogens is 194 g/mol. The maximum atomic E-state index is 8.78. The van der Waals surface area contributed by atoms with Gasteiger partial charge in [0, 0.05) is 6.07 Å². The van der Waals surface area contributed by atoms with E-state index in [1.54, 1.807) is 12.1 Å². The lowest BCUT2D eigenvalue weighted by Crippen LogP contribution is -1.98. The fourth-order valence-corrected chi connectivity index (χ4v) is 1.19. The predicted octanol–water partition coefficient (Wildman–Crippen LogP) is 2.55. The Labute approximate surface area is 88.4 Å². The standard InChI is InChI=1S/C10H14N3O2/c1-3-14-9-6-8(13-12)10(15-4-2)5-7(9)11/h5-6H,3-4,11H2,1-2H3/q+1. The highest BCUT2D eigenvalue weighted by Crippen LogP contribution is 2.36. The zero-order valence-corrected chi connectivity index (χ0v) is 8.86. The van der Waals surface area contributed by atoms with Crippen LogP contribution < -0.4 is 15.2 Å². The molecule has 0 heterocycles. The average molecular weight is 208 g/mol. The third kappa shape index (κ3) is 2.50. The quantitative estimate of drug-likeness (QED) is 0.609. The smallest absolute Gasteiger partial charge is 0.430 e. The summed E-state index contributed by atoms with van der Waals surface area (Å²) in [5, 5.41) is 8.78. The van der Waals surface area contributed by atoms with Crippen LogP contribution in [-0.4, -0.2) is 13.2 Å². The van der Waals surface area contributed by atoms with Gasteiger partial charge in [0.1, 0.15) is 0 Å². The summed E-state index contributed by atoms with van der Waals surface area (Å²) in [6.07, 6.45) is 0. The average Bonchev–Trinajstić information content (AvgIpc) is 2.22. The van der Waals surface area contributed by atoms with Crippen molar-refractivity contribution in [1.82, 2.24) is 0 Å². The summed E-state index contributed by atoms with van der Waals surface area (Å²) in [5.74, 6) is 0.940. The second kappa shape index (κ2) is 5.05. The van der Waals surface area contributed by atoms with Crippen molar-refractivity contribution < 1.29 is 9.47 Å². The summed E-state index contributed by atoms with van der Waals surface area (Å²) in [6, 6.07) is 3.13. The summed E-state index contributed by atoms with van der Waals surface area (Å²) in [7, 11) is 0. The minimum absolute atomic E-state index is 0.314. The highest BCUT2D eigenvalue weighted by molar-refractivity contribution is 5.69. The monoisotopic (exact) mass is 208 g/mol. The molecule has 0 aliphatic rings. The molecule has 0 bridgehead atoms. The lowest BCUT2D eigenvalue weighted by molar-refractivity contribution is 0.334. The largest absolute Gasteiger partial charge is 0.491 e. The molecule has 0 atom stereocenters. The Morgan fingerprint density at radius 3 is 2.33 bits per heavy atom. The lowest BCUT2D eigenvalue weighted by Gasteiger charge is -2.07. The van der Waals surface area contributed by atoms with Crippen molar-refractivity contribution in [2.24, 2.45) is 0 Å². The van der Waals surface area contributed by atoms with Gasteiger partial charge >= 0.3 is 5.69 Å². The van der Waals surface area contributed by atoms with Crippen LogP contribution in [0.25, 0.3) is 4.98 Å². The van der Waals surface area contributed by atoms with Crippen molar-refractivity contribution in [2.45, 2.75) is 13.8 Å². The predicted molar refractivity (Wildman–Crippen MR) is 57.9 cm³/mol.